The highest BCUT2D eigenvalue weighted by atomic mass is 35.5. The number of carbonyl (C=O) groups excluding carboxylic acids is 1. The molecule has 0 saturated heterocycles. The van der Waals surface area contributed by atoms with E-state index in [1.165, 1.54) is 12.1 Å². The van der Waals surface area contributed by atoms with Gasteiger partial charge < -0.3 is 4.74 Å². The first-order valence-corrected chi connectivity index (χ1v) is 4.55. The van der Waals surface area contributed by atoms with Crippen molar-refractivity contribution >= 4 is 17.6 Å². The van der Waals surface area contributed by atoms with Crippen LogP contribution in [0, 0.1) is 0 Å². The number of ether oxygens (including phenoxy) is 1. The van der Waals surface area contributed by atoms with Crippen LogP contribution in [0.5, 0.6) is 0 Å². The van der Waals surface area contributed by atoms with E-state index in [0.29, 0.717) is 0 Å². The molecule has 1 heterocycles. The second kappa shape index (κ2) is 5.02. The molecular weight excluding hydrogens is 228 g/mol. The molecule has 6 heteroatoms. The van der Waals surface area contributed by atoms with Crippen LogP contribution in [0.15, 0.2) is 12.1 Å². The maximum atomic E-state index is 12.4. The monoisotopic (exact) mass is 235 g/mol. The summed E-state index contributed by atoms with van der Waals surface area (Å²) in [5.74, 6) is -0.740. The Balaban J connectivity index is 3.02. The van der Waals surface area contributed by atoms with E-state index in [1.807, 2.05) is 0 Å². The summed E-state index contributed by atoms with van der Waals surface area (Å²) in [6, 6.07) is 2.44. The molecule has 3 nitrogen and oxygen atoms in total. The lowest BCUT2D eigenvalue weighted by molar-refractivity contribution is 0.0518. The van der Waals surface area contributed by atoms with E-state index in [1.54, 1.807) is 6.92 Å². The molecule has 0 unspecified atom stereocenters. The van der Waals surface area contributed by atoms with Gasteiger partial charge >= 0.3 is 5.97 Å². The third-order valence-corrected chi connectivity index (χ3v) is 1.88. The van der Waals surface area contributed by atoms with Crippen LogP contribution >= 0.6 is 11.6 Å². The van der Waals surface area contributed by atoms with E-state index in [9.17, 15) is 13.6 Å². The molecule has 0 N–H and O–H groups in total. The van der Waals surface area contributed by atoms with Crippen molar-refractivity contribution in [1.82, 2.24) is 4.98 Å². The minimum Gasteiger partial charge on any atom is -0.461 e. The summed E-state index contributed by atoms with van der Waals surface area (Å²) in [5, 5.41) is -0.168. The largest absolute Gasteiger partial charge is 0.461 e. The highest BCUT2D eigenvalue weighted by molar-refractivity contribution is 6.31. The standard InChI is InChI=1S/C9H8ClF2NO2/c1-2-15-9(14)6-4-3-5(10)7(13-6)8(11)12/h3-4,8H,2H2,1H3. The van der Waals surface area contributed by atoms with Gasteiger partial charge in [-0.15, -0.1) is 0 Å². The summed E-state index contributed by atoms with van der Waals surface area (Å²) in [4.78, 5) is 14.6. The molecule has 1 rings (SSSR count). The van der Waals surface area contributed by atoms with E-state index < -0.39 is 18.1 Å². The number of carbonyl (C=O) groups is 1. The molecule has 0 radical (unpaired) electrons. The first-order chi connectivity index (χ1) is 7.06. The molecule has 0 atom stereocenters. The average molecular weight is 236 g/mol. The lowest BCUT2D eigenvalue weighted by atomic mass is 10.3. The average Bonchev–Trinajstić information content (AvgIpc) is 2.18. The highest BCUT2D eigenvalue weighted by Gasteiger charge is 2.17. The van der Waals surface area contributed by atoms with Crippen LogP contribution in [-0.4, -0.2) is 17.6 Å². The number of rotatable bonds is 3. The van der Waals surface area contributed by atoms with Crippen molar-refractivity contribution in [3.05, 3.63) is 28.5 Å². The molecule has 0 spiro atoms. The molecule has 0 aliphatic rings. The van der Waals surface area contributed by atoms with Crippen LogP contribution in [0.4, 0.5) is 8.78 Å². The number of alkyl halides is 2. The van der Waals surface area contributed by atoms with Gasteiger partial charge in [0.15, 0.2) is 0 Å². The maximum absolute atomic E-state index is 12.4. The fourth-order valence-corrected chi connectivity index (χ4v) is 1.12. The Kier molecular flexibility index (Phi) is 3.96. The van der Waals surface area contributed by atoms with Gasteiger partial charge in [0.1, 0.15) is 11.4 Å². The second-order valence-electron chi connectivity index (χ2n) is 2.58. The topological polar surface area (TPSA) is 39.2 Å². The molecule has 82 valence electrons. The van der Waals surface area contributed by atoms with Crippen molar-refractivity contribution < 1.29 is 18.3 Å². The van der Waals surface area contributed by atoms with Gasteiger partial charge in [-0.1, -0.05) is 11.6 Å². The van der Waals surface area contributed by atoms with Crippen LogP contribution in [0.2, 0.25) is 5.02 Å². The maximum Gasteiger partial charge on any atom is 0.356 e. The predicted molar refractivity (Wildman–Crippen MR) is 50.2 cm³/mol. The quantitative estimate of drug-likeness (QED) is 0.757. The zero-order chi connectivity index (χ0) is 11.4. The van der Waals surface area contributed by atoms with Crippen molar-refractivity contribution in [2.24, 2.45) is 0 Å². The second-order valence-corrected chi connectivity index (χ2v) is 2.99. The van der Waals surface area contributed by atoms with Gasteiger partial charge in [-0.2, -0.15) is 0 Å². The van der Waals surface area contributed by atoms with Crippen molar-refractivity contribution in [3.8, 4) is 0 Å². The summed E-state index contributed by atoms with van der Waals surface area (Å²) in [7, 11) is 0. The minimum absolute atomic E-state index is 0.160. The Labute approximate surface area is 90.0 Å². The first kappa shape index (κ1) is 11.8. The fraction of sp³-hybridized carbons (Fsp3) is 0.333. The first-order valence-electron chi connectivity index (χ1n) is 4.18. The van der Waals surface area contributed by atoms with Gasteiger partial charge in [0, 0.05) is 0 Å². The van der Waals surface area contributed by atoms with Gasteiger partial charge in [0.25, 0.3) is 6.43 Å². The van der Waals surface area contributed by atoms with E-state index in [0.717, 1.165) is 0 Å². The molecule has 0 saturated carbocycles. The smallest absolute Gasteiger partial charge is 0.356 e. The van der Waals surface area contributed by atoms with Gasteiger partial charge in [0.05, 0.1) is 11.6 Å². The molecule has 15 heavy (non-hydrogen) atoms. The number of hydrogen-bond donors (Lipinski definition) is 0. The summed E-state index contributed by atoms with van der Waals surface area (Å²) >= 11 is 5.48. The molecule has 1 aromatic heterocycles. The summed E-state index contributed by atoms with van der Waals surface area (Å²) < 4.78 is 29.3. The summed E-state index contributed by atoms with van der Waals surface area (Å²) in [5.41, 5.74) is -0.779. The van der Waals surface area contributed by atoms with Crippen molar-refractivity contribution in [1.29, 1.82) is 0 Å². The van der Waals surface area contributed by atoms with Crippen LogP contribution in [-0.2, 0) is 4.74 Å². The Bertz CT molecular complexity index is 371. The number of hydrogen-bond acceptors (Lipinski definition) is 3. The third-order valence-electron chi connectivity index (χ3n) is 1.56. The predicted octanol–water partition coefficient (Wildman–Crippen LogP) is 2.85. The number of aromatic nitrogens is 1. The Morgan fingerprint density at radius 3 is 2.80 bits per heavy atom. The third kappa shape index (κ3) is 2.86. The molecule has 0 bridgehead atoms. The summed E-state index contributed by atoms with van der Waals surface area (Å²) in [6.07, 6.45) is -2.81. The lowest BCUT2D eigenvalue weighted by Gasteiger charge is -2.05. The van der Waals surface area contributed by atoms with Crippen LogP contribution in [0.25, 0.3) is 0 Å². The molecular formula is C9H8ClF2NO2. The number of nitrogens with zero attached hydrogens (tertiary/aromatic N) is 1. The normalized spacial score (nSPS) is 10.5. The van der Waals surface area contributed by atoms with E-state index in [-0.39, 0.29) is 17.3 Å². The van der Waals surface area contributed by atoms with E-state index in [2.05, 4.69) is 9.72 Å². The zero-order valence-electron chi connectivity index (χ0n) is 7.84. The van der Waals surface area contributed by atoms with Crippen molar-refractivity contribution in [2.75, 3.05) is 6.61 Å². The minimum atomic E-state index is -2.81. The fourth-order valence-electron chi connectivity index (χ4n) is 0.930. The van der Waals surface area contributed by atoms with Crippen LogP contribution in [0.1, 0.15) is 29.5 Å². The SMILES string of the molecule is CCOC(=O)c1ccc(Cl)c(C(F)F)n1. The highest BCUT2D eigenvalue weighted by Crippen LogP contribution is 2.25. The Morgan fingerprint density at radius 1 is 1.60 bits per heavy atom. The molecule has 0 aromatic carbocycles. The van der Waals surface area contributed by atoms with E-state index in [4.69, 9.17) is 11.6 Å². The van der Waals surface area contributed by atoms with E-state index >= 15 is 0 Å². The zero-order valence-corrected chi connectivity index (χ0v) is 8.59. The molecule has 1 aromatic rings. The van der Waals surface area contributed by atoms with Crippen LogP contribution < -0.4 is 0 Å². The van der Waals surface area contributed by atoms with Gasteiger partial charge in [0.2, 0.25) is 0 Å². The number of halogens is 3. The van der Waals surface area contributed by atoms with Gasteiger partial charge in [-0.25, -0.2) is 18.6 Å². The van der Waals surface area contributed by atoms with Crippen molar-refractivity contribution in [3.63, 3.8) is 0 Å². The molecule has 0 aliphatic carbocycles. The molecule has 0 fully saturated rings. The van der Waals surface area contributed by atoms with Crippen molar-refractivity contribution in [2.45, 2.75) is 13.3 Å². The summed E-state index contributed by atoms with van der Waals surface area (Å²) in [6.45, 7) is 1.77. The Hall–Kier alpha value is -1.23. The molecule has 0 amide bonds. The Morgan fingerprint density at radius 2 is 2.27 bits per heavy atom. The van der Waals surface area contributed by atoms with Crippen LogP contribution in [0.3, 0.4) is 0 Å². The number of pyridine rings is 1. The van der Waals surface area contributed by atoms with Gasteiger partial charge in [-0.05, 0) is 19.1 Å². The number of esters is 1. The molecule has 0 aliphatic heterocycles. The van der Waals surface area contributed by atoms with Gasteiger partial charge in [-0.3, -0.25) is 0 Å². The lowest BCUT2D eigenvalue weighted by Crippen LogP contribution is -2.08.